The van der Waals surface area contributed by atoms with Crippen molar-refractivity contribution in [1.82, 2.24) is 0 Å². The SMILES string of the molecule is CC1(C)CCN(c2cc(F)cc(C=O)c2)CCS1. The molecule has 1 aliphatic rings. The Morgan fingerprint density at radius 2 is 2.11 bits per heavy atom. The van der Waals surface area contributed by atoms with Gasteiger partial charge in [0.2, 0.25) is 0 Å². The highest BCUT2D eigenvalue weighted by Crippen LogP contribution is 2.32. The van der Waals surface area contributed by atoms with Gasteiger partial charge in [-0.3, -0.25) is 4.79 Å². The van der Waals surface area contributed by atoms with Gasteiger partial charge in [0.15, 0.2) is 0 Å². The summed E-state index contributed by atoms with van der Waals surface area (Å²) in [5, 5.41) is 0. The van der Waals surface area contributed by atoms with Crippen molar-refractivity contribution in [3.05, 3.63) is 29.6 Å². The number of carbonyl (C=O) groups excluding carboxylic acids is 1. The number of thioether (sulfide) groups is 1. The Morgan fingerprint density at radius 1 is 1.33 bits per heavy atom. The number of halogens is 1. The van der Waals surface area contributed by atoms with Gasteiger partial charge in [-0.25, -0.2) is 4.39 Å². The molecule has 1 aromatic rings. The van der Waals surface area contributed by atoms with Gasteiger partial charge in [0.25, 0.3) is 0 Å². The Balaban J connectivity index is 2.20. The van der Waals surface area contributed by atoms with E-state index >= 15 is 0 Å². The number of rotatable bonds is 2. The van der Waals surface area contributed by atoms with Gasteiger partial charge < -0.3 is 4.90 Å². The average molecular weight is 267 g/mol. The summed E-state index contributed by atoms with van der Waals surface area (Å²) in [7, 11) is 0. The Labute approximate surface area is 112 Å². The van der Waals surface area contributed by atoms with Crippen LogP contribution >= 0.6 is 11.8 Å². The molecule has 1 aromatic carbocycles. The molecule has 1 aliphatic heterocycles. The van der Waals surface area contributed by atoms with Crippen molar-refractivity contribution in [2.24, 2.45) is 0 Å². The molecule has 4 heteroatoms. The minimum absolute atomic E-state index is 0.273. The number of benzene rings is 1. The third-order valence-electron chi connectivity index (χ3n) is 3.24. The maximum Gasteiger partial charge on any atom is 0.150 e. The molecule has 0 radical (unpaired) electrons. The molecular formula is C14H18FNOS. The second-order valence-electron chi connectivity index (χ2n) is 5.21. The topological polar surface area (TPSA) is 20.3 Å². The Kier molecular flexibility index (Phi) is 3.95. The van der Waals surface area contributed by atoms with E-state index in [1.165, 1.54) is 12.1 Å². The molecule has 0 amide bonds. The Morgan fingerprint density at radius 3 is 2.83 bits per heavy atom. The zero-order valence-corrected chi connectivity index (χ0v) is 11.6. The van der Waals surface area contributed by atoms with Crippen molar-refractivity contribution < 1.29 is 9.18 Å². The summed E-state index contributed by atoms with van der Waals surface area (Å²) in [6, 6.07) is 4.54. The summed E-state index contributed by atoms with van der Waals surface area (Å²) in [6.07, 6.45) is 1.76. The molecule has 0 aromatic heterocycles. The van der Waals surface area contributed by atoms with E-state index in [9.17, 15) is 9.18 Å². The number of carbonyl (C=O) groups is 1. The molecule has 2 nitrogen and oxygen atoms in total. The fraction of sp³-hybridized carbons (Fsp3) is 0.500. The molecule has 0 spiro atoms. The number of hydrogen-bond donors (Lipinski definition) is 0. The van der Waals surface area contributed by atoms with Crippen LogP contribution in [-0.2, 0) is 0 Å². The zero-order chi connectivity index (χ0) is 13.2. The monoisotopic (exact) mass is 267 g/mol. The van der Waals surface area contributed by atoms with Gasteiger partial charge in [0.1, 0.15) is 12.1 Å². The molecule has 0 bridgehead atoms. The molecule has 0 atom stereocenters. The van der Waals surface area contributed by atoms with Crippen LogP contribution in [0.5, 0.6) is 0 Å². The molecule has 0 N–H and O–H groups in total. The number of nitrogens with zero attached hydrogens (tertiary/aromatic N) is 1. The number of aldehydes is 1. The Bertz CT molecular complexity index is 447. The lowest BCUT2D eigenvalue weighted by atomic mass is 10.1. The van der Waals surface area contributed by atoms with Crippen molar-refractivity contribution in [2.45, 2.75) is 25.0 Å². The first-order chi connectivity index (χ1) is 8.50. The van der Waals surface area contributed by atoms with E-state index in [0.29, 0.717) is 11.8 Å². The van der Waals surface area contributed by atoms with Crippen molar-refractivity contribution in [2.75, 3.05) is 23.7 Å². The van der Waals surface area contributed by atoms with Crippen molar-refractivity contribution in [3.8, 4) is 0 Å². The van der Waals surface area contributed by atoms with Crippen LogP contribution in [0.1, 0.15) is 30.6 Å². The summed E-state index contributed by atoms with van der Waals surface area (Å²) in [4.78, 5) is 12.9. The third-order valence-corrected chi connectivity index (χ3v) is 4.62. The van der Waals surface area contributed by atoms with E-state index in [0.717, 1.165) is 31.0 Å². The van der Waals surface area contributed by atoms with Gasteiger partial charge in [0, 0.05) is 34.8 Å². The summed E-state index contributed by atoms with van der Waals surface area (Å²) in [6.45, 7) is 6.28. The van der Waals surface area contributed by atoms with Crippen LogP contribution < -0.4 is 4.90 Å². The van der Waals surface area contributed by atoms with Crippen molar-refractivity contribution in [1.29, 1.82) is 0 Å². The van der Waals surface area contributed by atoms with E-state index in [1.54, 1.807) is 6.07 Å². The molecule has 2 rings (SSSR count). The van der Waals surface area contributed by atoms with Crippen LogP contribution in [0.15, 0.2) is 18.2 Å². The van der Waals surface area contributed by atoms with E-state index in [2.05, 4.69) is 18.7 Å². The van der Waals surface area contributed by atoms with Gasteiger partial charge in [-0.15, -0.1) is 0 Å². The normalized spacial score (nSPS) is 19.4. The van der Waals surface area contributed by atoms with Gasteiger partial charge in [-0.1, -0.05) is 13.8 Å². The van der Waals surface area contributed by atoms with Crippen LogP contribution in [0.2, 0.25) is 0 Å². The molecular weight excluding hydrogens is 249 g/mol. The Hall–Kier alpha value is -1.03. The van der Waals surface area contributed by atoms with E-state index < -0.39 is 0 Å². The largest absolute Gasteiger partial charge is 0.371 e. The molecule has 1 fully saturated rings. The first kappa shape index (κ1) is 13.4. The van der Waals surface area contributed by atoms with Crippen LogP contribution in [0.25, 0.3) is 0 Å². The minimum atomic E-state index is -0.342. The van der Waals surface area contributed by atoms with Gasteiger partial charge in [0.05, 0.1) is 0 Å². The molecule has 0 saturated carbocycles. The van der Waals surface area contributed by atoms with E-state index in [4.69, 9.17) is 0 Å². The van der Waals surface area contributed by atoms with E-state index in [1.807, 2.05) is 11.8 Å². The van der Waals surface area contributed by atoms with Crippen LogP contribution in [0, 0.1) is 5.82 Å². The highest BCUT2D eigenvalue weighted by Gasteiger charge is 2.24. The fourth-order valence-corrected chi connectivity index (χ4v) is 3.23. The summed E-state index contributed by atoms with van der Waals surface area (Å²) < 4.78 is 13.7. The summed E-state index contributed by atoms with van der Waals surface area (Å²) in [5.74, 6) is 0.686. The highest BCUT2D eigenvalue weighted by molar-refractivity contribution is 8.00. The third kappa shape index (κ3) is 3.25. The lowest BCUT2D eigenvalue weighted by Crippen LogP contribution is -2.27. The maximum absolute atomic E-state index is 13.4. The van der Waals surface area contributed by atoms with E-state index in [-0.39, 0.29) is 10.6 Å². The smallest absolute Gasteiger partial charge is 0.150 e. The van der Waals surface area contributed by atoms with Gasteiger partial charge in [-0.05, 0) is 24.6 Å². The highest BCUT2D eigenvalue weighted by atomic mass is 32.2. The quantitative estimate of drug-likeness (QED) is 0.766. The molecule has 98 valence electrons. The molecule has 1 saturated heterocycles. The summed E-state index contributed by atoms with van der Waals surface area (Å²) >= 11 is 1.95. The first-order valence-electron chi connectivity index (χ1n) is 6.15. The predicted octanol–water partition coefficient (Wildman–Crippen LogP) is 3.36. The minimum Gasteiger partial charge on any atom is -0.371 e. The zero-order valence-electron chi connectivity index (χ0n) is 10.8. The van der Waals surface area contributed by atoms with Crippen molar-refractivity contribution in [3.63, 3.8) is 0 Å². The standard InChI is InChI=1S/C14H18FNOS/c1-14(2)3-4-16(5-6-18-14)13-8-11(10-17)7-12(15)9-13/h7-10H,3-6H2,1-2H3. The maximum atomic E-state index is 13.4. The van der Waals surface area contributed by atoms with Gasteiger partial charge >= 0.3 is 0 Å². The molecule has 1 heterocycles. The van der Waals surface area contributed by atoms with Crippen LogP contribution in [0.4, 0.5) is 10.1 Å². The fourth-order valence-electron chi connectivity index (χ4n) is 2.13. The predicted molar refractivity (Wildman–Crippen MR) is 75.2 cm³/mol. The van der Waals surface area contributed by atoms with Crippen LogP contribution in [0.3, 0.4) is 0 Å². The van der Waals surface area contributed by atoms with Gasteiger partial charge in [-0.2, -0.15) is 11.8 Å². The second-order valence-corrected chi connectivity index (χ2v) is 7.01. The number of anilines is 1. The lowest BCUT2D eigenvalue weighted by molar-refractivity contribution is 0.112. The first-order valence-corrected chi connectivity index (χ1v) is 7.13. The number of hydrogen-bond acceptors (Lipinski definition) is 3. The second kappa shape index (κ2) is 5.31. The van der Waals surface area contributed by atoms with Crippen molar-refractivity contribution >= 4 is 23.7 Å². The molecule has 0 unspecified atom stereocenters. The average Bonchev–Trinajstić information content (AvgIpc) is 2.49. The molecule has 0 aliphatic carbocycles. The lowest BCUT2D eigenvalue weighted by Gasteiger charge is -2.24. The molecule has 18 heavy (non-hydrogen) atoms. The summed E-state index contributed by atoms with van der Waals surface area (Å²) in [5.41, 5.74) is 1.22. The van der Waals surface area contributed by atoms with Crippen LogP contribution in [-0.4, -0.2) is 29.9 Å².